The van der Waals surface area contributed by atoms with Gasteiger partial charge in [0.1, 0.15) is 11.9 Å². The van der Waals surface area contributed by atoms with E-state index in [1.807, 2.05) is 48.5 Å². The molecule has 0 aromatic heterocycles. The highest BCUT2D eigenvalue weighted by atomic mass is 16.3. The lowest BCUT2D eigenvalue weighted by atomic mass is 10.0. The molecule has 2 aliphatic rings. The second-order valence-electron chi connectivity index (χ2n) is 9.00. The van der Waals surface area contributed by atoms with E-state index in [1.54, 1.807) is 12.1 Å². The number of carbonyl (C=O) groups is 1. The van der Waals surface area contributed by atoms with Gasteiger partial charge in [0.25, 0.3) is 0 Å². The number of nitrogens with zero attached hydrogens (tertiary/aromatic N) is 1. The summed E-state index contributed by atoms with van der Waals surface area (Å²) in [7, 11) is 0. The fourth-order valence-electron chi connectivity index (χ4n) is 4.99. The molecule has 1 amide bonds. The van der Waals surface area contributed by atoms with Crippen LogP contribution >= 0.6 is 0 Å². The molecule has 3 aromatic rings. The van der Waals surface area contributed by atoms with Gasteiger partial charge in [-0.1, -0.05) is 36.4 Å². The van der Waals surface area contributed by atoms with Gasteiger partial charge >= 0.3 is 0 Å². The standard InChI is InChI=1S/C27H29N3O4/c31-16-23-24(6-3-7-25(23)32)28-17-10-12-30(13-11-17)15-26(33)29-18-8-9-21-22(14-18)19-4-1-2-5-20(19)27(21)34/h1-9,14,17,27-28,31-32,34H,10-13,15-16H2,(H,29,33). The topological polar surface area (TPSA) is 105 Å². The van der Waals surface area contributed by atoms with Gasteiger partial charge in [0.05, 0.1) is 13.2 Å². The van der Waals surface area contributed by atoms with E-state index in [-0.39, 0.29) is 24.3 Å². The summed E-state index contributed by atoms with van der Waals surface area (Å²) >= 11 is 0. The molecule has 1 unspecified atom stereocenters. The fourth-order valence-corrected chi connectivity index (χ4v) is 4.99. The molecule has 1 aliphatic carbocycles. The second-order valence-corrected chi connectivity index (χ2v) is 9.00. The Labute approximate surface area is 198 Å². The smallest absolute Gasteiger partial charge is 0.238 e. The Kier molecular flexibility index (Phi) is 6.24. The monoisotopic (exact) mass is 459 g/mol. The number of anilines is 2. The number of aliphatic hydroxyl groups is 2. The number of phenols is 1. The molecule has 5 rings (SSSR count). The van der Waals surface area contributed by atoms with E-state index in [1.165, 1.54) is 0 Å². The first kappa shape index (κ1) is 22.4. The Morgan fingerprint density at radius 3 is 2.53 bits per heavy atom. The van der Waals surface area contributed by atoms with Gasteiger partial charge in [0.15, 0.2) is 0 Å². The molecule has 5 N–H and O–H groups in total. The minimum Gasteiger partial charge on any atom is -0.508 e. The number of hydrogen-bond acceptors (Lipinski definition) is 6. The van der Waals surface area contributed by atoms with E-state index >= 15 is 0 Å². The highest BCUT2D eigenvalue weighted by Gasteiger charge is 2.27. The van der Waals surface area contributed by atoms with Crippen molar-refractivity contribution >= 4 is 17.3 Å². The molecule has 1 fully saturated rings. The SMILES string of the molecule is O=C(CN1CCC(Nc2cccc(O)c2CO)CC1)Nc1ccc2c(c1)-c1ccccc1C2O. The third-order valence-electron chi connectivity index (χ3n) is 6.80. The van der Waals surface area contributed by atoms with Gasteiger partial charge in [-0.3, -0.25) is 9.69 Å². The molecule has 1 saturated heterocycles. The van der Waals surface area contributed by atoms with Crippen molar-refractivity contribution in [2.75, 3.05) is 30.3 Å². The summed E-state index contributed by atoms with van der Waals surface area (Å²) < 4.78 is 0. The van der Waals surface area contributed by atoms with Crippen molar-refractivity contribution in [3.8, 4) is 16.9 Å². The molecule has 7 heteroatoms. The predicted octanol–water partition coefficient (Wildman–Crippen LogP) is 3.46. The van der Waals surface area contributed by atoms with Crippen LogP contribution in [0.5, 0.6) is 5.75 Å². The molecule has 0 spiro atoms. The van der Waals surface area contributed by atoms with Crippen LogP contribution in [0.4, 0.5) is 11.4 Å². The number of nitrogens with one attached hydrogen (secondary N) is 2. The number of likely N-dealkylation sites (tertiary alicyclic amines) is 1. The maximum atomic E-state index is 12.7. The number of aliphatic hydroxyl groups excluding tert-OH is 2. The number of hydrogen-bond donors (Lipinski definition) is 5. The van der Waals surface area contributed by atoms with Crippen molar-refractivity contribution in [2.24, 2.45) is 0 Å². The second kappa shape index (κ2) is 9.46. The molecule has 176 valence electrons. The summed E-state index contributed by atoms with van der Waals surface area (Å²) in [6, 6.07) is 18.9. The van der Waals surface area contributed by atoms with E-state index in [9.17, 15) is 20.1 Å². The number of carbonyl (C=O) groups excluding carboxylic acids is 1. The number of fused-ring (bicyclic) bond motifs is 3. The largest absolute Gasteiger partial charge is 0.508 e. The van der Waals surface area contributed by atoms with Crippen LogP contribution in [0.2, 0.25) is 0 Å². The van der Waals surface area contributed by atoms with Crippen molar-refractivity contribution in [2.45, 2.75) is 31.6 Å². The zero-order valence-electron chi connectivity index (χ0n) is 18.9. The van der Waals surface area contributed by atoms with Crippen LogP contribution in [-0.2, 0) is 11.4 Å². The van der Waals surface area contributed by atoms with Crippen LogP contribution in [0.1, 0.15) is 35.6 Å². The quantitative estimate of drug-likeness (QED) is 0.387. The first-order chi connectivity index (χ1) is 16.5. The minimum absolute atomic E-state index is 0.0614. The predicted molar refractivity (Wildman–Crippen MR) is 132 cm³/mol. The maximum absolute atomic E-state index is 12.7. The molecule has 1 atom stereocenters. The summed E-state index contributed by atoms with van der Waals surface area (Å²) in [5, 5.41) is 36.5. The number of piperidine rings is 1. The lowest BCUT2D eigenvalue weighted by Crippen LogP contribution is -2.42. The fraction of sp³-hybridized carbons (Fsp3) is 0.296. The lowest BCUT2D eigenvalue weighted by molar-refractivity contribution is -0.117. The molecule has 0 radical (unpaired) electrons. The summed E-state index contributed by atoms with van der Waals surface area (Å²) in [5.41, 5.74) is 5.72. The normalized spacial score (nSPS) is 17.8. The van der Waals surface area contributed by atoms with Crippen molar-refractivity contribution in [1.29, 1.82) is 0 Å². The number of aromatic hydroxyl groups is 1. The third kappa shape index (κ3) is 4.37. The zero-order valence-corrected chi connectivity index (χ0v) is 18.9. The van der Waals surface area contributed by atoms with E-state index in [2.05, 4.69) is 15.5 Å². The molecular formula is C27H29N3O4. The summed E-state index contributed by atoms with van der Waals surface area (Å²) in [5.74, 6) is 0.0277. The van der Waals surface area contributed by atoms with Crippen LogP contribution < -0.4 is 10.6 Å². The highest BCUT2D eigenvalue weighted by Crippen LogP contribution is 2.44. The van der Waals surface area contributed by atoms with Crippen molar-refractivity contribution in [3.63, 3.8) is 0 Å². The Morgan fingerprint density at radius 1 is 0.971 bits per heavy atom. The molecular weight excluding hydrogens is 430 g/mol. The average molecular weight is 460 g/mol. The number of rotatable bonds is 6. The van der Waals surface area contributed by atoms with Gasteiger partial charge in [-0.25, -0.2) is 0 Å². The third-order valence-corrected chi connectivity index (χ3v) is 6.80. The van der Waals surface area contributed by atoms with Crippen molar-refractivity contribution in [3.05, 3.63) is 77.4 Å². The van der Waals surface area contributed by atoms with Gasteiger partial charge in [0.2, 0.25) is 5.91 Å². The lowest BCUT2D eigenvalue weighted by Gasteiger charge is -2.32. The summed E-state index contributed by atoms with van der Waals surface area (Å²) in [4.78, 5) is 14.8. The van der Waals surface area contributed by atoms with Gasteiger partial charge < -0.3 is 26.0 Å². The summed E-state index contributed by atoms with van der Waals surface area (Å²) in [6.45, 7) is 1.66. The minimum atomic E-state index is -0.626. The van der Waals surface area contributed by atoms with Crippen molar-refractivity contribution < 1.29 is 20.1 Å². The van der Waals surface area contributed by atoms with Gasteiger partial charge in [-0.2, -0.15) is 0 Å². The Bertz CT molecular complexity index is 1200. The van der Waals surface area contributed by atoms with Crippen LogP contribution in [0, 0.1) is 0 Å². The number of benzene rings is 3. The van der Waals surface area contributed by atoms with Crippen molar-refractivity contribution in [1.82, 2.24) is 4.90 Å². The average Bonchev–Trinajstić information content (AvgIpc) is 3.12. The Hall–Kier alpha value is -3.39. The number of amides is 1. The van der Waals surface area contributed by atoms with Gasteiger partial charge in [0, 0.05) is 36.1 Å². The van der Waals surface area contributed by atoms with Crippen LogP contribution in [0.25, 0.3) is 11.1 Å². The molecule has 34 heavy (non-hydrogen) atoms. The molecule has 7 nitrogen and oxygen atoms in total. The first-order valence-electron chi connectivity index (χ1n) is 11.6. The van der Waals surface area contributed by atoms with Crippen LogP contribution in [0.15, 0.2) is 60.7 Å². The maximum Gasteiger partial charge on any atom is 0.238 e. The molecule has 1 heterocycles. The molecule has 1 aliphatic heterocycles. The molecule has 3 aromatic carbocycles. The Balaban J connectivity index is 1.16. The van der Waals surface area contributed by atoms with E-state index in [4.69, 9.17) is 0 Å². The van der Waals surface area contributed by atoms with Gasteiger partial charge in [-0.15, -0.1) is 0 Å². The highest BCUT2D eigenvalue weighted by molar-refractivity contribution is 5.93. The van der Waals surface area contributed by atoms with E-state index < -0.39 is 6.10 Å². The van der Waals surface area contributed by atoms with Gasteiger partial charge in [-0.05, 0) is 59.4 Å². The van der Waals surface area contributed by atoms with E-state index in [0.717, 1.165) is 59.6 Å². The molecule has 0 bridgehead atoms. The Morgan fingerprint density at radius 2 is 1.74 bits per heavy atom. The first-order valence-corrected chi connectivity index (χ1v) is 11.6. The summed E-state index contributed by atoms with van der Waals surface area (Å²) in [6.07, 6.45) is 1.10. The van der Waals surface area contributed by atoms with Crippen LogP contribution in [0.3, 0.4) is 0 Å². The zero-order chi connectivity index (χ0) is 23.7. The van der Waals surface area contributed by atoms with E-state index in [0.29, 0.717) is 12.1 Å². The van der Waals surface area contributed by atoms with Crippen LogP contribution in [-0.4, -0.2) is 51.8 Å². The molecule has 0 saturated carbocycles.